The predicted octanol–water partition coefficient (Wildman–Crippen LogP) is 0.547. The lowest BCUT2D eigenvalue weighted by molar-refractivity contribution is -0.126. The zero-order valence-electron chi connectivity index (χ0n) is 13.7. The molecule has 1 aliphatic rings. The van der Waals surface area contributed by atoms with Crippen molar-refractivity contribution in [1.29, 1.82) is 5.26 Å². The van der Waals surface area contributed by atoms with Crippen LogP contribution in [0.15, 0.2) is 12.3 Å². The van der Waals surface area contributed by atoms with Gasteiger partial charge in [-0.25, -0.2) is 0 Å². The van der Waals surface area contributed by atoms with E-state index in [0.717, 1.165) is 32.1 Å². The van der Waals surface area contributed by atoms with E-state index in [1.54, 1.807) is 6.07 Å². The molecule has 0 aliphatic carbocycles. The summed E-state index contributed by atoms with van der Waals surface area (Å²) in [6, 6.07) is 3.66. The average Bonchev–Trinajstić information content (AvgIpc) is 3.03. The minimum absolute atomic E-state index is 0.0367. The van der Waals surface area contributed by atoms with Crippen molar-refractivity contribution in [2.75, 3.05) is 18.0 Å². The Morgan fingerprint density at radius 2 is 2.29 bits per heavy atom. The van der Waals surface area contributed by atoms with E-state index in [4.69, 9.17) is 5.73 Å². The summed E-state index contributed by atoms with van der Waals surface area (Å²) in [5.41, 5.74) is 6.62. The third kappa shape index (κ3) is 3.68. The standard InChI is InChI=1S/C16H20N6O2/c1-3-11-4-5-22(9-11)15-6-13(20-21-14(15)8-18)12(7-17)16(24)19-10(2)23/h6-7,11H,3-5,9,17H2,1-2H3,(H,19,23,24)/b12-7-/t11-/m1/s1. The van der Waals surface area contributed by atoms with E-state index < -0.39 is 11.8 Å². The smallest absolute Gasteiger partial charge is 0.261 e. The van der Waals surface area contributed by atoms with Crippen LogP contribution >= 0.6 is 0 Å². The number of rotatable bonds is 4. The van der Waals surface area contributed by atoms with Gasteiger partial charge in [0.25, 0.3) is 5.91 Å². The van der Waals surface area contributed by atoms with Crippen molar-refractivity contribution in [3.05, 3.63) is 23.7 Å². The molecule has 3 N–H and O–H groups in total. The average molecular weight is 328 g/mol. The lowest BCUT2D eigenvalue weighted by Gasteiger charge is -2.19. The number of carbonyl (C=O) groups excluding carboxylic acids is 2. The SMILES string of the molecule is CC[C@@H]1CCN(c2cc(/C(=C/N)C(=O)NC(C)=O)nnc2C#N)C1. The van der Waals surface area contributed by atoms with Crippen molar-refractivity contribution >= 4 is 23.1 Å². The van der Waals surface area contributed by atoms with Crippen LogP contribution in [-0.4, -0.2) is 35.1 Å². The summed E-state index contributed by atoms with van der Waals surface area (Å²) in [6.07, 6.45) is 3.19. The molecule has 1 saturated heterocycles. The summed E-state index contributed by atoms with van der Waals surface area (Å²) in [5, 5.41) is 19.2. The van der Waals surface area contributed by atoms with Crippen molar-refractivity contribution < 1.29 is 9.59 Å². The second-order valence-corrected chi connectivity index (χ2v) is 5.67. The number of hydrogen-bond donors (Lipinski definition) is 2. The molecule has 1 aliphatic heterocycles. The predicted molar refractivity (Wildman–Crippen MR) is 88.3 cm³/mol. The monoisotopic (exact) mass is 328 g/mol. The van der Waals surface area contributed by atoms with E-state index in [2.05, 4.69) is 27.3 Å². The molecule has 0 unspecified atom stereocenters. The summed E-state index contributed by atoms with van der Waals surface area (Å²) >= 11 is 0. The van der Waals surface area contributed by atoms with Crippen LogP contribution in [-0.2, 0) is 9.59 Å². The van der Waals surface area contributed by atoms with Crippen LogP contribution in [0.1, 0.15) is 38.1 Å². The second kappa shape index (κ2) is 7.55. The van der Waals surface area contributed by atoms with Gasteiger partial charge in [-0.1, -0.05) is 13.3 Å². The highest BCUT2D eigenvalue weighted by atomic mass is 16.2. The van der Waals surface area contributed by atoms with Crippen LogP contribution in [0.3, 0.4) is 0 Å². The fourth-order valence-electron chi connectivity index (χ4n) is 2.72. The number of carbonyl (C=O) groups is 2. The Bertz CT molecular complexity index is 722. The maximum absolute atomic E-state index is 12.0. The molecule has 2 heterocycles. The normalized spacial score (nSPS) is 17.5. The van der Waals surface area contributed by atoms with E-state index in [1.807, 2.05) is 6.07 Å². The number of anilines is 1. The molecular formula is C16H20N6O2. The van der Waals surface area contributed by atoms with Gasteiger partial charge in [-0.05, 0) is 18.4 Å². The Kier molecular flexibility index (Phi) is 5.47. The topological polar surface area (TPSA) is 125 Å². The molecule has 1 fully saturated rings. The molecule has 126 valence electrons. The lowest BCUT2D eigenvalue weighted by Crippen LogP contribution is -2.30. The highest BCUT2D eigenvalue weighted by Crippen LogP contribution is 2.28. The minimum Gasteiger partial charge on any atom is -0.404 e. The van der Waals surface area contributed by atoms with Gasteiger partial charge >= 0.3 is 0 Å². The second-order valence-electron chi connectivity index (χ2n) is 5.67. The summed E-state index contributed by atoms with van der Waals surface area (Å²) in [5.74, 6) is -0.576. The van der Waals surface area contributed by atoms with E-state index >= 15 is 0 Å². The summed E-state index contributed by atoms with van der Waals surface area (Å²) in [6.45, 7) is 5.02. The number of aromatic nitrogens is 2. The van der Waals surface area contributed by atoms with Gasteiger partial charge in [0, 0.05) is 26.2 Å². The molecule has 1 aromatic heterocycles. The van der Waals surface area contributed by atoms with Crippen LogP contribution < -0.4 is 16.0 Å². The van der Waals surface area contributed by atoms with Gasteiger partial charge in [0.15, 0.2) is 5.69 Å². The molecule has 0 radical (unpaired) electrons. The number of hydrogen-bond acceptors (Lipinski definition) is 7. The Morgan fingerprint density at radius 3 is 2.83 bits per heavy atom. The summed E-state index contributed by atoms with van der Waals surface area (Å²) in [4.78, 5) is 25.2. The zero-order chi connectivity index (χ0) is 17.7. The highest BCUT2D eigenvalue weighted by Gasteiger charge is 2.25. The summed E-state index contributed by atoms with van der Waals surface area (Å²) in [7, 11) is 0. The van der Waals surface area contributed by atoms with Gasteiger partial charge in [-0.2, -0.15) is 5.26 Å². The zero-order valence-corrected chi connectivity index (χ0v) is 13.7. The minimum atomic E-state index is -0.650. The molecular weight excluding hydrogens is 308 g/mol. The van der Waals surface area contributed by atoms with E-state index in [1.165, 1.54) is 6.92 Å². The molecule has 0 spiro atoms. The Morgan fingerprint density at radius 1 is 1.54 bits per heavy atom. The molecule has 24 heavy (non-hydrogen) atoms. The van der Waals surface area contributed by atoms with Crippen molar-refractivity contribution in [3.8, 4) is 6.07 Å². The van der Waals surface area contributed by atoms with Gasteiger partial charge < -0.3 is 10.6 Å². The molecule has 1 atom stereocenters. The number of nitrogens with one attached hydrogen (secondary N) is 1. The first-order chi connectivity index (χ1) is 11.5. The van der Waals surface area contributed by atoms with Crippen molar-refractivity contribution in [3.63, 3.8) is 0 Å². The maximum atomic E-state index is 12.0. The molecule has 1 aromatic rings. The first kappa shape index (κ1) is 17.4. The van der Waals surface area contributed by atoms with Crippen LogP contribution in [0.4, 0.5) is 5.69 Å². The fraction of sp³-hybridized carbons (Fsp3) is 0.438. The van der Waals surface area contributed by atoms with Crippen LogP contribution in [0.2, 0.25) is 0 Å². The number of imide groups is 1. The Balaban J connectivity index is 2.36. The van der Waals surface area contributed by atoms with E-state index in [9.17, 15) is 14.9 Å². The van der Waals surface area contributed by atoms with Gasteiger partial charge in [0.2, 0.25) is 5.91 Å². The number of nitriles is 1. The van der Waals surface area contributed by atoms with Gasteiger partial charge in [0.1, 0.15) is 11.8 Å². The van der Waals surface area contributed by atoms with E-state index in [0.29, 0.717) is 11.6 Å². The molecule has 2 rings (SSSR count). The number of amides is 2. The lowest BCUT2D eigenvalue weighted by atomic mass is 10.1. The Labute approximate surface area is 140 Å². The number of nitrogens with zero attached hydrogens (tertiary/aromatic N) is 4. The maximum Gasteiger partial charge on any atom is 0.261 e. The number of nitrogens with two attached hydrogens (primary N) is 1. The molecule has 2 amide bonds. The third-order valence-electron chi connectivity index (χ3n) is 4.06. The first-order valence-corrected chi connectivity index (χ1v) is 7.77. The van der Waals surface area contributed by atoms with Crippen molar-refractivity contribution in [2.24, 2.45) is 11.7 Å². The van der Waals surface area contributed by atoms with Crippen LogP contribution in [0.5, 0.6) is 0 Å². The van der Waals surface area contributed by atoms with Gasteiger partial charge in [0.05, 0.1) is 11.3 Å². The molecule has 0 bridgehead atoms. The van der Waals surface area contributed by atoms with E-state index in [-0.39, 0.29) is 17.0 Å². The van der Waals surface area contributed by atoms with Crippen LogP contribution in [0.25, 0.3) is 5.57 Å². The quantitative estimate of drug-likeness (QED) is 0.773. The molecule has 0 aromatic carbocycles. The largest absolute Gasteiger partial charge is 0.404 e. The summed E-state index contributed by atoms with van der Waals surface area (Å²) < 4.78 is 0. The highest BCUT2D eigenvalue weighted by molar-refractivity contribution is 6.23. The van der Waals surface area contributed by atoms with Gasteiger partial charge in [-0.15, -0.1) is 10.2 Å². The first-order valence-electron chi connectivity index (χ1n) is 7.77. The molecule has 8 nitrogen and oxygen atoms in total. The van der Waals surface area contributed by atoms with Gasteiger partial charge in [-0.3, -0.25) is 14.9 Å². The molecule has 0 saturated carbocycles. The van der Waals surface area contributed by atoms with Crippen molar-refractivity contribution in [1.82, 2.24) is 15.5 Å². The Hall–Kier alpha value is -2.95. The molecule has 8 heteroatoms. The van der Waals surface area contributed by atoms with Crippen molar-refractivity contribution in [2.45, 2.75) is 26.7 Å². The fourth-order valence-corrected chi connectivity index (χ4v) is 2.72. The third-order valence-corrected chi connectivity index (χ3v) is 4.06. The van der Waals surface area contributed by atoms with Crippen LogP contribution in [0, 0.1) is 17.2 Å².